The predicted molar refractivity (Wildman–Crippen MR) is 78.7 cm³/mol. The van der Waals surface area contributed by atoms with E-state index in [-0.39, 0.29) is 5.41 Å². The lowest BCUT2D eigenvalue weighted by atomic mass is 9.87. The minimum absolute atomic E-state index is 0.138. The Labute approximate surface area is 119 Å². The maximum Gasteiger partial charge on any atom is 0.102 e. The molecule has 2 rings (SSSR count). The third-order valence-electron chi connectivity index (χ3n) is 3.30. The van der Waals surface area contributed by atoms with E-state index in [1.807, 2.05) is 0 Å². The summed E-state index contributed by atoms with van der Waals surface area (Å²) in [5, 5.41) is 8.28. The molecule has 0 fully saturated rings. The number of benzene rings is 1. The Bertz CT molecular complexity index is 567. The molecule has 0 spiro atoms. The highest BCUT2D eigenvalue weighted by Crippen LogP contribution is 2.23. The summed E-state index contributed by atoms with van der Waals surface area (Å²) in [4.78, 5) is 0. The molecule has 0 aliphatic rings. The van der Waals surface area contributed by atoms with Crippen molar-refractivity contribution >= 4 is 0 Å². The van der Waals surface area contributed by atoms with Crippen molar-refractivity contribution in [1.29, 1.82) is 0 Å². The van der Waals surface area contributed by atoms with Gasteiger partial charge in [0.05, 0.1) is 18.0 Å². The average Bonchev–Trinajstić information content (AvgIpc) is 2.81. The van der Waals surface area contributed by atoms with Crippen LogP contribution in [0.4, 0.5) is 0 Å². The molecular formula is C15H22N4O. The lowest BCUT2D eigenvalue weighted by Crippen LogP contribution is -2.11. The Morgan fingerprint density at radius 1 is 1.20 bits per heavy atom. The molecule has 2 aromatic rings. The monoisotopic (exact) mass is 274 g/mol. The standard InChI is InChI=1S/C15H22N4O/c1-15(2,3)11-5-7-12(8-6-11)19-14(10-20-4)13(9-16)17-18-19/h5-8H,9-10,16H2,1-4H3. The number of nitrogens with two attached hydrogens (primary N) is 1. The van der Waals surface area contributed by atoms with Crippen LogP contribution in [0.15, 0.2) is 24.3 Å². The fourth-order valence-corrected chi connectivity index (χ4v) is 2.08. The summed E-state index contributed by atoms with van der Waals surface area (Å²) in [6, 6.07) is 8.34. The van der Waals surface area contributed by atoms with Crippen LogP contribution in [-0.2, 0) is 23.3 Å². The van der Waals surface area contributed by atoms with Crippen LogP contribution in [0.3, 0.4) is 0 Å². The van der Waals surface area contributed by atoms with Crippen LogP contribution >= 0.6 is 0 Å². The highest BCUT2D eigenvalue weighted by Gasteiger charge is 2.15. The number of hydrogen-bond donors (Lipinski definition) is 1. The molecule has 0 aliphatic heterocycles. The molecule has 1 aromatic heterocycles. The largest absolute Gasteiger partial charge is 0.378 e. The van der Waals surface area contributed by atoms with Crippen LogP contribution in [0.1, 0.15) is 37.7 Å². The van der Waals surface area contributed by atoms with E-state index >= 15 is 0 Å². The number of ether oxygens (including phenoxy) is 1. The van der Waals surface area contributed by atoms with Gasteiger partial charge < -0.3 is 10.5 Å². The maximum absolute atomic E-state index is 5.68. The molecule has 5 heteroatoms. The second-order valence-corrected chi connectivity index (χ2v) is 5.83. The normalized spacial score (nSPS) is 11.8. The first-order valence-electron chi connectivity index (χ1n) is 6.70. The molecule has 1 heterocycles. The van der Waals surface area contributed by atoms with Gasteiger partial charge in [-0.1, -0.05) is 38.1 Å². The smallest absolute Gasteiger partial charge is 0.102 e. The van der Waals surface area contributed by atoms with E-state index < -0.39 is 0 Å². The second-order valence-electron chi connectivity index (χ2n) is 5.83. The Balaban J connectivity index is 2.39. The van der Waals surface area contributed by atoms with Gasteiger partial charge in [0.25, 0.3) is 0 Å². The summed E-state index contributed by atoms with van der Waals surface area (Å²) >= 11 is 0. The first-order valence-corrected chi connectivity index (χ1v) is 6.70. The molecule has 0 aliphatic carbocycles. The Morgan fingerprint density at radius 2 is 1.85 bits per heavy atom. The lowest BCUT2D eigenvalue weighted by molar-refractivity contribution is 0.178. The van der Waals surface area contributed by atoms with E-state index in [2.05, 4.69) is 55.3 Å². The van der Waals surface area contributed by atoms with Gasteiger partial charge in [0.2, 0.25) is 0 Å². The molecule has 0 saturated heterocycles. The molecule has 5 nitrogen and oxygen atoms in total. The van der Waals surface area contributed by atoms with Crippen molar-refractivity contribution in [3.05, 3.63) is 41.2 Å². The van der Waals surface area contributed by atoms with Crippen LogP contribution in [0.25, 0.3) is 5.69 Å². The summed E-state index contributed by atoms with van der Waals surface area (Å²) in [5.74, 6) is 0. The number of nitrogens with zero attached hydrogens (tertiary/aromatic N) is 3. The number of methoxy groups -OCH3 is 1. The van der Waals surface area contributed by atoms with E-state index in [9.17, 15) is 0 Å². The summed E-state index contributed by atoms with van der Waals surface area (Å²) in [5.41, 5.74) is 9.75. The van der Waals surface area contributed by atoms with Gasteiger partial charge in [-0.05, 0) is 23.1 Å². The zero-order chi connectivity index (χ0) is 14.8. The van der Waals surface area contributed by atoms with Crippen LogP contribution in [0.2, 0.25) is 0 Å². The SMILES string of the molecule is COCc1c(CN)nnn1-c1ccc(C(C)(C)C)cc1. The van der Waals surface area contributed by atoms with Gasteiger partial charge in [-0.2, -0.15) is 0 Å². The van der Waals surface area contributed by atoms with Gasteiger partial charge in [-0.15, -0.1) is 5.10 Å². The predicted octanol–water partition coefficient (Wildman–Crippen LogP) is 2.17. The van der Waals surface area contributed by atoms with Crippen molar-refractivity contribution in [2.24, 2.45) is 5.73 Å². The molecule has 0 atom stereocenters. The second kappa shape index (κ2) is 5.73. The summed E-state index contributed by atoms with van der Waals surface area (Å²) in [6.07, 6.45) is 0. The molecule has 0 amide bonds. The zero-order valence-electron chi connectivity index (χ0n) is 12.6. The van der Waals surface area contributed by atoms with Crippen molar-refractivity contribution in [1.82, 2.24) is 15.0 Å². The molecule has 20 heavy (non-hydrogen) atoms. The van der Waals surface area contributed by atoms with Crippen molar-refractivity contribution in [3.8, 4) is 5.69 Å². The van der Waals surface area contributed by atoms with Gasteiger partial charge in [0.15, 0.2) is 0 Å². The average molecular weight is 274 g/mol. The Hall–Kier alpha value is -1.72. The number of rotatable bonds is 4. The van der Waals surface area contributed by atoms with E-state index in [0.717, 1.165) is 17.1 Å². The summed E-state index contributed by atoms with van der Waals surface area (Å²) < 4.78 is 7.00. The van der Waals surface area contributed by atoms with E-state index in [1.54, 1.807) is 11.8 Å². The molecule has 2 N–H and O–H groups in total. The van der Waals surface area contributed by atoms with Crippen LogP contribution in [0.5, 0.6) is 0 Å². The number of aromatic nitrogens is 3. The molecule has 0 unspecified atom stereocenters. The van der Waals surface area contributed by atoms with Crippen molar-refractivity contribution < 1.29 is 4.74 Å². The van der Waals surface area contributed by atoms with Crippen molar-refractivity contribution in [3.63, 3.8) is 0 Å². The van der Waals surface area contributed by atoms with Crippen LogP contribution < -0.4 is 5.73 Å². The maximum atomic E-state index is 5.68. The van der Waals surface area contributed by atoms with Crippen molar-refractivity contribution in [2.45, 2.75) is 39.3 Å². The highest BCUT2D eigenvalue weighted by atomic mass is 16.5. The minimum Gasteiger partial charge on any atom is -0.378 e. The Morgan fingerprint density at radius 3 is 2.35 bits per heavy atom. The highest BCUT2D eigenvalue weighted by molar-refractivity contribution is 5.38. The molecule has 0 radical (unpaired) electrons. The molecule has 0 saturated carbocycles. The van der Waals surface area contributed by atoms with Gasteiger partial charge in [0.1, 0.15) is 5.69 Å². The van der Waals surface area contributed by atoms with Gasteiger partial charge in [-0.3, -0.25) is 0 Å². The minimum atomic E-state index is 0.138. The first kappa shape index (κ1) is 14.7. The van der Waals surface area contributed by atoms with E-state index in [4.69, 9.17) is 10.5 Å². The summed E-state index contributed by atoms with van der Waals surface area (Å²) in [6.45, 7) is 7.39. The fraction of sp³-hybridized carbons (Fsp3) is 0.467. The van der Waals surface area contributed by atoms with Gasteiger partial charge in [-0.25, -0.2) is 4.68 Å². The molecule has 1 aromatic carbocycles. The lowest BCUT2D eigenvalue weighted by Gasteiger charge is -2.19. The zero-order valence-corrected chi connectivity index (χ0v) is 12.6. The van der Waals surface area contributed by atoms with Crippen molar-refractivity contribution in [2.75, 3.05) is 7.11 Å². The Kier molecular flexibility index (Phi) is 4.20. The van der Waals surface area contributed by atoms with Gasteiger partial charge in [0, 0.05) is 13.7 Å². The fourth-order valence-electron chi connectivity index (χ4n) is 2.08. The number of hydrogen-bond acceptors (Lipinski definition) is 4. The molecule has 108 valence electrons. The first-order chi connectivity index (χ1) is 9.47. The van der Waals surface area contributed by atoms with Crippen LogP contribution in [0, 0.1) is 0 Å². The third-order valence-corrected chi connectivity index (χ3v) is 3.30. The van der Waals surface area contributed by atoms with E-state index in [0.29, 0.717) is 13.2 Å². The quantitative estimate of drug-likeness (QED) is 0.928. The third kappa shape index (κ3) is 2.89. The van der Waals surface area contributed by atoms with Gasteiger partial charge >= 0.3 is 0 Å². The summed E-state index contributed by atoms with van der Waals surface area (Å²) in [7, 11) is 1.65. The van der Waals surface area contributed by atoms with E-state index in [1.165, 1.54) is 5.56 Å². The van der Waals surface area contributed by atoms with Crippen LogP contribution in [-0.4, -0.2) is 22.1 Å². The molecule has 0 bridgehead atoms. The topological polar surface area (TPSA) is 66.0 Å². The molecular weight excluding hydrogens is 252 g/mol.